The highest BCUT2D eigenvalue weighted by Gasteiger charge is 2.03. The minimum atomic E-state index is -0.0670. The van der Waals surface area contributed by atoms with E-state index < -0.39 is 0 Å². The van der Waals surface area contributed by atoms with E-state index in [0.29, 0.717) is 11.6 Å². The smallest absolute Gasteiger partial charge is 0.238 e. The maximum absolute atomic E-state index is 11.8. The summed E-state index contributed by atoms with van der Waals surface area (Å²) >= 11 is 6.05. The van der Waals surface area contributed by atoms with Crippen molar-refractivity contribution in [2.45, 2.75) is 13.5 Å². The van der Waals surface area contributed by atoms with Gasteiger partial charge in [-0.25, -0.2) is 0 Å². The lowest BCUT2D eigenvalue weighted by Crippen LogP contribution is -2.27. The standard InChI is InChI=1S/C16H17ClN2O/c1-12-5-4-7-14(9-12)19-16(20)11-18-10-13-6-2-3-8-15(13)17/h2-9,18H,10-11H2,1H3,(H,19,20). The summed E-state index contributed by atoms with van der Waals surface area (Å²) in [7, 11) is 0. The van der Waals surface area contributed by atoms with Gasteiger partial charge in [-0.3, -0.25) is 4.79 Å². The van der Waals surface area contributed by atoms with Gasteiger partial charge in [0.2, 0.25) is 5.91 Å². The molecule has 0 unspecified atom stereocenters. The summed E-state index contributed by atoms with van der Waals surface area (Å²) in [5, 5.41) is 6.64. The van der Waals surface area contributed by atoms with Crippen LogP contribution in [0, 0.1) is 6.92 Å². The van der Waals surface area contributed by atoms with Crippen molar-refractivity contribution in [3.63, 3.8) is 0 Å². The molecule has 2 aromatic carbocycles. The summed E-state index contributed by atoms with van der Waals surface area (Å²) in [5.41, 5.74) is 2.92. The molecule has 20 heavy (non-hydrogen) atoms. The molecule has 104 valence electrons. The number of nitrogens with one attached hydrogen (secondary N) is 2. The molecule has 0 spiro atoms. The van der Waals surface area contributed by atoms with E-state index in [1.54, 1.807) is 0 Å². The molecule has 2 N–H and O–H groups in total. The molecule has 1 amide bonds. The quantitative estimate of drug-likeness (QED) is 0.885. The van der Waals surface area contributed by atoms with Crippen molar-refractivity contribution < 1.29 is 4.79 Å². The van der Waals surface area contributed by atoms with E-state index in [4.69, 9.17) is 11.6 Å². The lowest BCUT2D eigenvalue weighted by Gasteiger charge is -2.08. The molecule has 0 aliphatic rings. The lowest BCUT2D eigenvalue weighted by atomic mass is 10.2. The van der Waals surface area contributed by atoms with Crippen LogP contribution in [0.25, 0.3) is 0 Å². The van der Waals surface area contributed by atoms with E-state index in [1.807, 2.05) is 55.5 Å². The van der Waals surface area contributed by atoms with Crippen molar-refractivity contribution in [1.29, 1.82) is 0 Å². The van der Waals surface area contributed by atoms with Crippen molar-refractivity contribution in [3.8, 4) is 0 Å². The van der Waals surface area contributed by atoms with E-state index in [2.05, 4.69) is 10.6 Å². The van der Waals surface area contributed by atoms with Crippen LogP contribution in [0.2, 0.25) is 5.02 Å². The summed E-state index contributed by atoms with van der Waals surface area (Å²) in [5.74, 6) is -0.0670. The first kappa shape index (κ1) is 14.6. The Morgan fingerprint density at radius 3 is 2.70 bits per heavy atom. The van der Waals surface area contributed by atoms with Crippen LogP contribution in [-0.2, 0) is 11.3 Å². The number of rotatable bonds is 5. The molecule has 0 aromatic heterocycles. The second-order valence-corrected chi connectivity index (χ2v) is 5.02. The van der Waals surface area contributed by atoms with Gasteiger partial charge in [-0.2, -0.15) is 0 Å². The van der Waals surface area contributed by atoms with E-state index in [1.165, 1.54) is 0 Å². The van der Waals surface area contributed by atoms with Crippen molar-refractivity contribution in [2.24, 2.45) is 0 Å². The maximum atomic E-state index is 11.8. The number of amides is 1. The fourth-order valence-corrected chi connectivity index (χ4v) is 2.08. The number of halogens is 1. The van der Waals surface area contributed by atoms with Crippen LogP contribution in [0.3, 0.4) is 0 Å². The van der Waals surface area contributed by atoms with Gasteiger partial charge in [0.25, 0.3) is 0 Å². The van der Waals surface area contributed by atoms with Gasteiger partial charge in [0.1, 0.15) is 0 Å². The van der Waals surface area contributed by atoms with Gasteiger partial charge in [-0.15, -0.1) is 0 Å². The molecular formula is C16H17ClN2O. The van der Waals surface area contributed by atoms with E-state index in [-0.39, 0.29) is 12.5 Å². The number of aryl methyl sites for hydroxylation is 1. The van der Waals surface area contributed by atoms with Gasteiger partial charge in [0, 0.05) is 17.3 Å². The largest absolute Gasteiger partial charge is 0.325 e. The summed E-state index contributed by atoms with van der Waals surface area (Å²) in [6, 6.07) is 15.3. The first-order valence-corrected chi connectivity index (χ1v) is 6.83. The van der Waals surface area contributed by atoms with Gasteiger partial charge in [-0.05, 0) is 36.2 Å². The second kappa shape index (κ2) is 7.08. The Bertz CT molecular complexity index is 599. The fraction of sp³-hybridized carbons (Fsp3) is 0.188. The summed E-state index contributed by atoms with van der Waals surface area (Å²) < 4.78 is 0. The zero-order valence-electron chi connectivity index (χ0n) is 11.3. The number of benzene rings is 2. The minimum Gasteiger partial charge on any atom is -0.325 e. The van der Waals surface area contributed by atoms with Crippen LogP contribution in [0.1, 0.15) is 11.1 Å². The topological polar surface area (TPSA) is 41.1 Å². The average molecular weight is 289 g/mol. The molecule has 0 aliphatic heterocycles. The van der Waals surface area contributed by atoms with E-state index >= 15 is 0 Å². The minimum absolute atomic E-state index is 0.0670. The summed E-state index contributed by atoms with van der Waals surface area (Å²) in [6.07, 6.45) is 0. The molecule has 0 aliphatic carbocycles. The van der Waals surface area contributed by atoms with Crippen LogP contribution in [0.15, 0.2) is 48.5 Å². The average Bonchev–Trinajstić information content (AvgIpc) is 2.41. The van der Waals surface area contributed by atoms with Crippen molar-refractivity contribution >= 4 is 23.2 Å². The van der Waals surface area contributed by atoms with Gasteiger partial charge >= 0.3 is 0 Å². The third-order valence-electron chi connectivity index (χ3n) is 2.86. The molecule has 0 saturated carbocycles. The predicted molar refractivity (Wildman–Crippen MR) is 83.0 cm³/mol. The number of carbonyl (C=O) groups excluding carboxylic acids is 1. The van der Waals surface area contributed by atoms with Gasteiger partial charge in [0.15, 0.2) is 0 Å². The van der Waals surface area contributed by atoms with Crippen molar-refractivity contribution in [2.75, 3.05) is 11.9 Å². The molecule has 3 nitrogen and oxygen atoms in total. The fourth-order valence-electron chi connectivity index (χ4n) is 1.88. The van der Waals surface area contributed by atoms with Crippen LogP contribution in [0.5, 0.6) is 0 Å². The SMILES string of the molecule is Cc1cccc(NC(=O)CNCc2ccccc2Cl)c1. The third kappa shape index (κ3) is 4.37. The summed E-state index contributed by atoms with van der Waals surface area (Å²) in [4.78, 5) is 11.8. The normalized spacial score (nSPS) is 10.3. The monoisotopic (exact) mass is 288 g/mol. The first-order chi connectivity index (χ1) is 9.65. The third-order valence-corrected chi connectivity index (χ3v) is 3.23. The lowest BCUT2D eigenvalue weighted by molar-refractivity contribution is -0.115. The van der Waals surface area contributed by atoms with Crippen LogP contribution < -0.4 is 10.6 Å². The van der Waals surface area contributed by atoms with E-state index in [9.17, 15) is 4.79 Å². The van der Waals surface area contributed by atoms with Gasteiger partial charge in [-0.1, -0.05) is 41.9 Å². The molecule has 2 rings (SSSR count). The second-order valence-electron chi connectivity index (χ2n) is 4.61. The number of hydrogen-bond acceptors (Lipinski definition) is 2. The highest BCUT2D eigenvalue weighted by atomic mass is 35.5. The molecule has 4 heteroatoms. The Morgan fingerprint density at radius 2 is 1.95 bits per heavy atom. The molecule has 0 radical (unpaired) electrons. The molecule has 0 atom stereocenters. The zero-order chi connectivity index (χ0) is 14.4. The molecule has 2 aromatic rings. The maximum Gasteiger partial charge on any atom is 0.238 e. The predicted octanol–water partition coefficient (Wildman–Crippen LogP) is 3.38. The summed E-state index contributed by atoms with van der Waals surface area (Å²) in [6.45, 7) is 2.81. The van der Waals surface area contributed by atoms with Crippen molar-refractivity contribution in [3.05, 3.63) is 64.7 Å². The highest BCUT2D eigenvalue weighted by Crippen LogP contribution is 2.14. The zero-order valence-corrected chi connectivity index (χ0v) is 12.1. The Kier molecular flexibility index (Phi) is 5.16. The Labute approximate surface area is 124 Å². The van der Waals surface area contributed by atoms with Crippen LogP contribution in [0.4, 0.5) is 5.69 Å². The van der Waals surface area contributed by atoms with Crippen LogP contribution in [-0.4, -0.2) is 12.5 Å². The molecule has 0 fully saturated rings. The number of hydrogen-bond donors (Lipinski definition) is 2. The van der Waals surface area contributed by atoms with Crippen molar-refractivity contribution in [1.82, 2.24) is 5.32 Å². The van der Waals surface area contributed by atoms with E-state index in [0.717, 1.165) is 16.8 Å². The number of anilines is 1. The Balaban J connectivity index is 1.80. The Hall–Kier alpha value is -1.84. The van der Waals surface area contributed by atoms with Gasteiger partial charge in [0.05, 0.1) is 6.54 Å². The molecule has 0 bridgehead atoms. The van der Waals surface area contributed by atoms with Gasteiger partial charge < -0.3 is 10.6 Å². The molecule has 0 heterocycles. The number of carbonyl (C=O) groups is 1. The Morgan fingerprint density at radius 1 is 1.15 bits per heavy atom. The molecular weight excluding hydrogens is 272 g/mol. The highest BCUT2D eigenvalue weighted by molar-refractivity contribution is 6.31. The van der Waals surface area contributed by atoms with Crippen LogP contribution >= 0.6 is 11.6 Å². The first-order valence-electron chi connectivity index (χ1n) is 6.46. The molecule has 0 saturated heterocycles.